The molecule has 0 fully saturated rings. The quantitative estimate of drug-likeness (QED) is 0.538. The van der Waals surface area contributed by atoms with Gasteiger partial charge in [0.2, 0.25) is 5.82 Å². The highest BCUT2D eigenvalue weighted by Gasteiger charge is 2.35. The van der Waals surface area contributed by atoms with E-state index < -0.39 is 12.0 Å². The van der Waals surface area contributed by atoms with Gasteiger partial charge >= 0.3 is 6.18 Å². The van der Waals surface area contributed by atoms with Gasteiger partial charge in [0.05, 0.1) is 11.2 Å². The molecule has 0 aliphatic carbocycles. The lowest BCUT2D eigenvalue weighted by atomic mass is 10.1. The lowest BCUT2D eigenvalue weighted by molar-refractivity contribution is -0.144. The van der Waals surface area contributed by atoms with E-state index >= 15 is 0 Å². The minimum atomic E-state index is -4.64. The van der Waals surface area contributed by atoms with Crippen LogP contribution >= 0.6 is 0 Å². The summed E-state index contributed by atoms with van der Waals surface area (Å²) < 4.78 is 39.2. The molecule has 3 aromatic rings. The number of para-hydroxylation sites is 1. The number of fused-ring (bicyclic) bond motifs is 1. The van der Waals surface area contributed by atoms with Crippen LogP contribution in [0.5, 0.6) is 0 Å². The average Bonchev–Trinajstić information content (AvgIpc) is 2.65. The van der Waals surface area contributed by atoms with Crippen molar-refractivity contribution in [3.8, 4) is 0 Å². The Labute approximate surface area is 154 Å². The zero-order chi connectivity index (χ0) is 19.6. The number of anilines is 2. The Hall–Kier alpha value is -3.16. The maximum Gasteiger partial charge on any atom is 0.451 e. The summed E-state index contributed by atoms with van der Waals surface area (Å²) in [6.07, 6.45) is -4.64. The van der Waals surface area contributed by atoms with Crippen molar-refractivity contribution < 1.29 is 13.2 Å². The van der Waals surface area contributed by atoms with Gasteiger partial charge in [0, 0.05) is 25.2 Å². The van der Waals surface area contributed by atoms with Crippen LogP contribution in [0.3, 0.4) is 0 Å². The summed E-state index contributed by atoms with van der Waals surface area (Å²) in [5.74, 6) is -1.19. The standard InChI is InChI=1S/C19H18F3N5/c1-12(13-8-10-14(11-9-13)27(2)3)25-26-17-15-6-4-5-7-16(15)23-18(24-17)19(20,21)22/h4-11H,1-3H3,(H,23,24,26)/b25-12-. The fourth-order valence-electron chi connectivity index (χ4n) is 2.49. The SMILES string of the molecule is C/C(=N/Nc1nc(C(F)(F)F)nc2ccccc12)c1ccc(N(C)C)cc1. The van der Waals surface area contributed by atoms with Gasteiger partial charge in [-0.05, 0) is 36.8 Å². The summed E-state index contributed by atoms with van der Waals surface area (Å²) in [5.41, 5.74) is 5.37. The molecule has 140 valence electrons. The molecule has 0 aliphatic rings. The van der Waals surface area contributed by atoms with Crippen LogP contribution in [0.2, 0.25) is 0 Å². The van der Waals surface area contributed by atoms with Crippen molar-refractivity contribution in [1.82, 2.24) is 9.97 Å². The van der Waals surface area contributed by atoms with Gasteiger partial charge in [-0.3, -0.25) is 5.43 Å². The van der Waals surface area contributed by atoms with Crippen molar-refractivity contribution in [2.75, 3.05) is 24.4 Å². The largest absolute Gasteiger partial charge is 0.451 e. The van der Waals surface area contributed by atoms with E-state index in [0.29, 0.717) is 11.1 Å². The van der Waals surface area contributed by atoms with Crippen molar-refractivity contribution in [2.24, 2.45) is 5.10 Å². The Kier molecular flexibility index (Phi) is 4.98. The fraction of sp³-hybridized carbons (Fsp3) is 0.211. The topological polar surface area (TPSA) is 53.4 Å². The summed E-state index contributed by atoms with van der Waals surface area (Å²) in [4.78, 5) is 9.18. The van der Waals surface area contributed by atoms with Crippen molar-refractivity contribution in [3.05, 3.63) is 59.9 Å². The summed E-state index contributed by atoms with van der Waals surface area (Å²) >= 11 is 0. The van der Waals surface area contributed by atoms with Gasteiger partial charge in [0.1, 0.15) is 0 Å². The number of halogens is 3. The number of hydrogen-bond acceptors (Lipinski definition) is 5. The molecule has 0 radical (unpaired) electrons. The van der Waals surface area contributed by atoms with Gasteiger partial charge < -0.3 is 4.90 Å². The van der Waals surface area contributed by atoms with Crippen LogP contribution in [0.4, 0.5) is 24.7 Å². The number of alkyl halides is 3. The molecule has 0 saturated carbocycles. The molecule has 1 N–H and O–H groups in total. The van der Waals surface area contributed by atoms with E-state index in [4.69, 9.17) is 0 Å². The third-order valence-corrected chi connectivity index (χ3v) is 3.99. The average molecular weight is 373 g/mol. The minimum absolute atomic E-state index is 0.0113. The molecule has 2 aromatic carbocycles. The first-order chi connectivity index (χ1) is 12.8. The molecule has 27 heavy (non-hydrogen) atoms. The molecule has 0 saturated heterocycles. The normalized spacial score (nSPS) is 12.3. The highest BCUT2D eigenvalue weighted by atomic mass is 19.4. The van der Waals surface area contributed by atoms with Crippen molar-refractivity contribution in [2.45, 2.75) is 13.1 Å². The Balaban J connectivity index is 1.94. The van der Waals surface area contributed by atoms with Gasteiger partial charge in [-0.1, -0.05) is 24.3 Å². The number of hydrazone groups is 1. The van der Waals surface area contributed by atoms with Crippen LogP contribution in [0.1, 0.15) is 18.3 Å². The summed E-state index contributed by atoms with van der Waals surface area (Å²) in [5, 5.41) is 4.67. The Morgan fingerprint density at radius 2 is 1.67 bits per heavy atom. The van der Waals surface area contributed by atoms with Gasteiger partial charge in [-0.2, -0.15) is 18.3 Å². The molecule has 1 heterocycles. The predicted molar refractivity (Wildman–Crippen MR) is 101 cm³/mol. The number of nitrogens with zero attached hydrogens (tertiary/aromatic N) is 4. The third-order valence-electron chi connectivity index (χ3n) is 3.99. The molecule has 0 unspecified atom stereocenters. The van der Waals surface area contributed by atoms with Crippen LogP contribution in [-0.2, 0) is 6.18 Å². The number of rotatable bonds is 4. The highest BCUT2D eigenvalue weighted by Crippen LogP contribution is 2.30. The molecule has 1 aromatic heterocycles. The van der Waals surface area contributed by atoms with E-state index in [1.54, 1.807) is 25.1 Å². The van der Waals surface area contributed by atoms with Gasteiger partial charge in [0.15, 0.2) is 5.82 Å². The second kappa shape index (κ2) is 7.22. The van der Waals surface area contributed by atoms with Crippen molar-refractivity contribution in [1.29, 1.82) is 0 Å². The summed E-state index contributed by atoms with van der Waals surface area (Å²) in [6, 6.07) is 14.2. The number of hydrogen-bond donors (Lipinski definition) is 1. The van der Waals surface area contributed by atoms with E-state index in [0.717, 1.165) is 11.3 Å². The van der Waals surface area contributed by atoms with Crippen LogP contribution in [0.25, 0.3) is 10.9 Å². The molecular weight excluding hydrogens is 355 g/mol. The van der Waals surface area contributed by atoms with E-state index in [1.165, 1.54) is 6.07 Å². The van der Waals surface area contributed by atoms with Gasteiger partial charge in [-0.15, -0.1) is 0 Å². The van der Waals surface area contributed by atoms with Crippen LogP contribution in [0, 0.1) is 0 Å². The van der Waals surface area contributed by atoms with Gasteiger partial charge in [-0.25, -0.2) is 9.97 Å². The smallest absolute Gasteiger partial charge is 0.378 e. The van der Waals surface area contributed by atoms with E-state index in [1.807, 2.05) is 43.3 Å². The third kappa shape index (κ3) is 4.16. The molecule has 3 rings (SSSR count). The van der Waals surface area contributed by atoms with E-state index in [-0.39, 0.29) is 11.3 Å². The van der Waals surface area contributed by atoms with E-state index in [2.05, 4.69) is 20.5 Å². The van der Waals surface area contributed by atoms with Crippen LogP contribution in [-0.4, -0.2) is 29.8 Å². The first-order valence-electron chi connectivity index (χ1n) is 8.18. The zero-order valence-electron chi connectivity index (χ0n) is 15.0. The van der Waals surface area contributed by atoms with E-state index in [9.17, 15) is 13.2 Å². The van der Waals surface area contributed by atoms with Crippen LogP contribution < -0.4 is 10.3 Å². The molecular formula is C19H18F3N5. The maximum atomic E-state index is 13.1. The van der Waals surface area contributed by atoms with Crippen LogP contribution in [0.15, 0.2) is 53.6 Å². The number of benzene rings is 2. The van der Waals surface area contributed by atoms with Crippen molar-refractivity contribution in [3.63, 3.8) is 0 Å². The Bertz CT molecular complexity index is 979. The highest BCUT2D eigenvalue weighted by molar-refractivity contribution is 5.99. The fourth-order valence-corrected chi connectivity index (χ4v) is 2.49. The minimum Gasteiger partial charge on any atom is -0.378 e. The Morgan fingerprint density at radius 3 is 2.30 bits per heavy atom. The first-order valence-corrected chi connectivity index (χ1v) is 8.18. The summed E-state index contributed by atoms with van der Waals surface area (Å²) in [7, 11) is 3.88. The molecule has 0 aliphatic heterocycles. The number of aromatic nitrogens is 2. The molecule has 5 nitrogen and oxygen atoms in total. The lowest BCUT2D eigenvalue weighted by Crippen LogP contribution is -2.13. The Morgan fingerprint density at radius 1 is 1.00 bits per heavy atom. The number of nitrogens with one attached hydrogen (secondary N) is 1. The molecule has 0 spiro atoms. The predicted octanol–water partition coefficient (Wildman–Crippen LogP) is 4.55. The second-order valence-electron chi connectivity index (χ2n) is 6.16. The lowest BCUT2D eigenvalue weighted by Gasteiger charge is -2.13. The molecule has 0 atom stereocenters. The second-order valence-corrected chi connectivity index (χ2v) is 6.16. The molecule has 8 heteroatoms. The van der Waals surface area contributed by atoms with Gasteiger partial charge in [0.25, 0.3) is 0 Å². The zero-order valence-corrected chi connectivity index (χ0v) is 15.0. The van der Waals surface area contributed by atoms with Crippen molar-refractivity contribution >= 4 is 28.1 Å². The maximum absolute atomic E-state index is 13.1. The first kappa shape index (κ1) is 18.6. The molecule has 0 amide bonds. The molecule has 0 bridgehead atoms. The monoisotopic (exact) mass is 373 g/mol. The summed E-state index contributed by atoms with van der Waals surface area (Å²) in [6.45, 7) is 1.77.